The van der Waals surface area contributed by atoms with E-state index >= 15 is 0 Å². The number of rotatable bonds is 5. The highest BCUT2D eigenvalue weighted by atomic mass is 79.9. The zero-order valence-electron chi connectivity index (χ0n) is 14.0. The minimum atomic E-state index is 0.579. The molecule has 2 bridgehead atoms. The average Bonchev–Trinajstić information content (AvgIpc) is 2.97. The summed E-state index contributed by atoms with van der Waals surface area (Å²) >= 11 is 5.32. The lowest BCUT2D eigenvalue weighted by atomic mass is 10.1. The van der Waals surface area contributed by atoms with Gasteiger partial charge in [0.05, 0.1) is 16.9 Å². The third-order valence-electron chi connectivity index (χ3n) is 4.56. The lowest BCUT2D eigenvalue weighted by Crippen LogP contribution is -2.62. The summed E-state index contributed by atoms with van der Waals surface area (Å²) in [6.07, 6.45) is 0. The number of hydrogen-bond donors (Lipinski definition) is 1. The Bertz CT molecular complexity index is 538. The number of hydrogen-bond acceptors (Lipinski definition) is 4. The lowest BCUT2D eigenvalue weighted by molar-refractivity contribution is 0.0173. The molecule has 3 fully saturated rings. The lowest BCUT2D eigenvalue weighted by Gasteiger charge is -2.47. The molecule has 3 aliphatic heterocycles. The van der Waals surface area contributed by atoms with Gasteiger partial charge in [0.1, 0.15) is 0 Å². The number of fused-ring (bicyclic) bond motifs is 3. The number of nitrogens with zero attached hydrogens (tertiary/aromatic N) is 4. The van der Waals surface area contributed by atoms with Crippen molar-refractivity contribution in [3.8, 4) is 0 Å². The second kappa shape index (κ2) is 7.96. The number of thiophene rings is 1. The molecule has 1 aromatic rings. The summed E-state index contributed by atoms with van der Waals surface area (Å²) in [6, 6.07) is 4.86. The first-order chi connectivity index (χ1) is 11.2. The average molecular weight is 400 g/mol. The van der Waals surface area contributed by atoms with Crippen LogP contribution in [-0.4, -0.2) is 79.6 Å². The summed E-state index contributed by atoms with van der Waals surface area (Å²) in [5.74, 6) is 1.01. The minimum Gasteiger partial charge on any atom is -0.357 e. The molecule has 0 aliphatic carbocycles. The van der Waals surface area contributed by atoms with Crippen LogP contribution < -0.4 is 5.32 Å². The standard InChI is InChI=1S/C16H26BrN5S/c1-3-18-16(20(2)12-14-4-5-15(17)23-14)19-10-13-11-21-6-8-22(13)9-7-21/h4-5,13H,3,6-12H2,1-2H3,(H,18,19). The molecule has 0 saturated carbocycles. The van der Waals surface area contributed by atoms with Crippen LogP contribution >= 0.6 is 27.3 Å². The van der Waals surface area contributed by atoms with E-state index in [-0.39, 0.29) is 0 Å². The Balaban J connectivity index is 1.60. The maximum absolute atomic E-state index is 4.91. The van der Waals surface area contributed by atoms with Crippen molar-refractivity contribution >= 4 is 33.2 Å². The largest absolute Gasteiger partial charge is 0.357 e. The van der Waals surface area contributed by atoms with Crippen molar-refractivity contribution in [3.05, 3.63) is 20.8 Å². The molecule has 5 nitrogen and oxygen atoms in total. The fourth-order valence-electron chi connectivity index (χ4n) is 3.30. The second-order valence-corrected chi connectivity index (χ2v) is 8.79. The highest BCUT2D eigenvalue weighted by Gasteiger charge is 2.31. The molecule has 7 heteroatoms. The van der Waals surface area contributed by atoms with Gasteiger partial charge in [-0.15, -0.1) is 11.3 Å². The van der Waals surface area contributed by atoms with Gasteiger partial charge in [-0.25, -0.2) is 0 Å². The van der Waals surface area contributed by atoms with E-state index < -0.39 is 0 Å². The number of piperazine rings is 3. The van der Waals surface area contributed by atoms with Crippen molar-refractivity contribution in [2.75, 3.05) is 52.9 Å². The zero-order valence-corrected chi connectivity index (χ0v) is 16.4. The van der Waals surface area contributed by atoms with Crippen molar-refractivity contribution in [2.45, 2.75) is 19.5 Å². The van der Waals surface area contributed by atoms with Crippen LogP contribution in [0.25, 0.3) is 0 Å². The summed E-state index contributed by atoms with van der Waals surface area (Å²) in [5.41, 5.74) is 0. The smallest absolute Gasteiger partial charge is 0.194 e. The molecule has 1 aromatic heterocycles. The molecule has 1 unspecified atom stereocenters. The van der Waals surface area contributed by atoms with Crippen LogP contribution in [0.5, 0.6) is 0 Å². The topological polar surface area (TPSA) is 34.1 Å². The number of guanidine groups is 1. The fraction of sp³-hybridized carbons (Fsp3) is 0.688. The summed E-state index contributed by atoms with van der Waals surface area (Å²) in [5, 5.41) is 3.43. The Hall–Kier alpha value is -0.630. The SMILES string of the molecule is CCNC(=NCC1CN2CCN1CC2)N(C)Cc1ccc(Br)s1. The van der Waals surface area contributed by atoms with Gasteiger partial charge in [0, 0.05) is 57.2 Å². The monoisotopic (exact) mass is 399 g/mol. The first kappa shape index (κ1) is 17.2. The van der Waals surface area contributed by atoms with E-state index in [2.05, 4.69) is 62.1 Å². The van der Waals surface area contributed by atoms with Crippen LogP contribution in [0.4, 0.5) is 0 Å². The molecule has 0 amide bonds. The first-order valence-corrected chi connectivity index (χ1v) is 9.96. The van der Waals surface area contributed by atoms with Gasteiger partial charge in [0.25, 0.3) is 0 Å². The molecule has 4 rings (SSSR count). The molecular formula is C16H26BrN5S. The normalized spacial score (nSPS) is 27.3. The predicted octanol–water partition coefficient (Wildman–Crippen LogP) is 1.91. The summed E-state index contributed by atoms with van der Waals surface area (Å²) in [4.78, 5) is 13.6. The first-order valence-electron chi connectivity index (χ1n) is 8.35. The number of aliphatic imine (C=N–C) groups is 1. The van der Waals surface area contributed by atoms with E-state index in [0.29, 0.717) is 6.04 Å². The van der Waals surface area contributed by atoms with Crippen LogP contribution in [0.15, 0.2) is 20.9 Å². The van der Waals surface area contributed by atoms with Gasteiger partial charge in [-0.3, -0.25) is 14.8 Å². The highest BCUT2D eigenvalue weighted by molar-refractivity contribution is 9.11. The molecular weight excluding hydrogens is 374 g/mol. The third-order valence-corrected chi connectivity index (χ3v) is 6.17. The Kier molecular flexibility index (Phi) is 5.96. The molecule has 1 N–H and O–H groups in total. The Labute approximate surface area is 151 Å². The Morgan fingerprint density at radius 3 is 2.74 bits per heavy atom. The number of nitrogens with one attached hydrogen (secondary N) is 1. The van der Waals surface area contributed by atoms with Crippen molar-refractivity contribution in [1.82, 2.24) is 20.0 Å². The molecule has 0 radical (unpaired) electrons. The maximum atomic E-state index is 4.91. The third kappa shape index (κ3) is 4.47. The van der Waals surface area contributed by atoms with Crippen molar-refractivity contribution in [3.63, 3.8) is 0 Å². The van der Waals surface area contributed by atoms with Crippen molar-refractivity contribution in [2.24, 2.45) is 4.99 Å². The minimum absolute atomic E-state index is 0.579. The van der Waals surface area contributed by atoms with E-state index in [1.54, 1.807) is 11.3 Å². The zero-order chi connectivity index (χ0) is 16.2. The van der Waals surface area contributed by atoms with E-state index in [1.165, 1.54) is 41.4 Å². The maximum Gasteiger partial charge on any atom is 0.194 e. The van der Waals surface area contributed by atoms with Gasteiger partial charge in [0.2, 0.25) is 0 Å². The molecule has 3 saturated heterocycles. The van der Waals surface area contributed by atoms with E-state index in [1.807, 2.05) is 0 Å². The predicted molar refractivity (Wildman–Crippen MR) is 101 cm³/mol. The van der Waals surface area contributed by atoms with Crippen LogP contribution in [0.1, 0.15) is 11.8 Å². The van der Waals surface area contributed by atoms with Crippen molar-refractivity contribution < 1.29 is 0 Å². The van der Waals surface area contributed by atoms with Crippen LogP contribution in [-0.2, 0) is 6.54 Å². The quantitative estimate of drug-likeness (QED) is 0.605. The summed E-state index contributed by atoms with van der Waals surface area (Å²) < 4.78 is 1.18. The molecule has 23 heavy (non-hydrogen) atoms. The van der Waals surface area contributed by atoms with E-state index in [9.17, 15) is 0 Å². The fourth-order valence-corrected chi connectivity index (χ4v) is 4.84. The van der Waals surface area contributed by atoms with Gasteiger partial charge >= 0.3 is 0 Å². The van der Waals surface area contributed by atoms with Crippen LogP contribution in [0, 0.1) is 0 Å². The highest BCUT2D eigenvalue weighted by Crippen LogP contribution is 2.23. The summed E-state index contributed by atoms with van der Waals surface area (Å²) in [7, 11) is 2.12. The molecule has 0 spiro atoms. The Morgan fingerprint density at radius 2 is 2.17 bits per heavy atom. The van der Waals surface area contributed by atoms with Gasteiger partial charge in [-0.2, -0.15) is 0 Å². The number of halogens is 1. The van der Waals surface area contributed by atoms with Crippen LogP contribution in [0.2, 0.25) is 0 Å². The van der Waals surface area contributed by atoms with Gasteiger partial charge in [0.15, 0.2) is 5.96 Å². The summed E-state index contributed by atoms with van der Waals surface area (Å²) in [6.45, 7) is 10.8. The molecule has 1 atom stereocenters. The van der Waals surface area contributed by atoms with Crippen molar-refractivity contribution in [1.29, 1.82) is 0 Å². The van der Waals surface area contributed by atoms with Gasteiger partial charge in [-0.1, -0.05) is 0 Å². The molecule has 0 aromatic carbocycles. The second-order valence-electron chi connectivity index (χ2n) is 6.25. The molecule has 128 valence electrons. The molecule has 4 heterocycles. The Morgan fingerprint density at radius 1 is 1.39 bits per heavy atom. The van der Waals surface area contributed by atoms with E-state index in [4.69, 9.17) is 4.99 Å². The van der Waals surface area contributed by atoms with Crippen LogP contribution in [0.3, 0.4) is 0 Å². The van der Waals surface area contributed by atoms with Gasteiger partial charge in [-0.05, 0) is 35.0 Å². The van der Waals surface area contributed by atoms with Gasteiger partial charge < -0.3 is 10.2 Å². The molecule has 3 aliphatic rings. The van der Waals surface area contributed by atoms with E-state index in [0.717, 1.165) is 25.6 Å².